The van der Waals surface area contributed by atoms with Crippen LogP contribution < -0.4 is 21.6 Å². The number of aromatic nitrogens is 3. The Labute approximate surface area is 173 Å². The van der Waals surface area contributed by atoms with Gasteiger partial charge < -0.3 is 20.9 Å². The van der Waals surface area contributed by atoms with Crippen molar-refractivity contribution in [3.63, 3.8) is 0 Å². The second-order valence-electron chi connectivity index (χ2n) is 6.78. The Bertz CT molecular complexity index is 1060. The van der Waals surface area contributed by atoms with Gasteiger partial charge in [0, 0.05) is 37.4 Å². The average molecular weight is 408 g/mol. The van der Waals surface area contributed by atoms with E-state index in [-0.39, 0.29) is 23.7 Å². The highest BCUT2D eigenvalue weighted by Gasteiger charge is 2.11. The molecule has 4 N–H and O–H groups in total. The summed E-state index contributed by atoms with van der Waals surface area (Å²) >= 11 is 0. The highest BCUT2D eigenvalue weighted by molar-refractivity contribution is 5.93. The molecular weight excluding hydrogens is 384 g/mol. The van der Waals surface area contributed by atoms with Gasteiger partial charge in [-0.3, -0.25) is 14.3 Å². The smallest absolute Gasteiger partial charge is 0.330 e. The molecule has 0 saturated heterocycles. The number of hydrogen-bond donors (Lipinski definition) is 4. The number of aryl methyl sites for hydroxylation is 1. The van der Waals surface area contributed by atoms with Crippen LogP contribution in [0.1, 0.15) is 34.6 Å². The molecule has 0 radical (unpaired) electrons. The molecule has 1 unspecified atom stereocenters. The number of hydrogen-bond acceptors (Lipinski definition) is 4. The van der Waals surface area contributed by atoms with E-state index in [1.54, 1.807) is 29.1 Å². The third-order valence-electron chi connectivity index (χ3n) is 4.58. The Kier molecular flexibility index (Phi) is 6.63. The van der Waals surface area contributed by atoms with Gasteiger partial charge in [0.2, 0.25) is 0 Å². The van der Waals surface area contributed by atoms with E-state index in [1.807, 2.05) is 38.1 Å². The minimum Gasteiger partial charge on any atom is -0.350 e. The quantitative estimate of drug-likeness (QED) is 0.444. The van der Waals surface area contributed by atoms with Gasteiger partial charge in [-0.1, -0.05) is 12.1 Å². The molecule has 0 bridgehead atoms. The Balaban J connectivity index is 1.45. The highest BCUT2D eigenvalue weighted by atomic mass is 16.2. The predicted molar refractivity (Wildman–Crippen MR) is 113 cm³/mol. The lowest BCUT2D eigenvalue weighted by atomic mass is 10.1. The molecule has 2 aromatic heterocycles. The molecule has 0 aliphatic carbocycles. The third kappa shape index (κ3) is 5.13. The first kappa shape index (κ1) is 20.8. The molecule has 156 valence electrons. The molecule has 3 aromatic rings. The number of pyridine rings is 1. The minimum absolute atomic E-state index is 0.193. The van der Waals surface area contributed by atoms with Crippen molar-refractivity contribution in [3.05, 3.63) is 82.3 Å². The van der Waals surface area contributed by atoms with E-state index in [2.05, 4.69) is 25.9 Å². The summed E-state index contributed by atoms with van der Waals surface area (Å²) in [5, 5.41) is 8.27. The van der Waals surface area contributed by atoms with Gasteiger partial charge in [0.25, 0.3) is 5.91 Å². The standard InChI is InChI=1S/C21H24N6O3/c1-14-12-25-21(30)27(14)18-7-5-16(6-8-18)15(2)26-20(29)24-11-10-23-19(28)17-4-3-9-22-13-17/h3-9,12-13,15H,10-11H2,1-2H3,(H,23,28)(H,25,30)(H2,24,26,29). The number of amides is 3. The fourth-order valence-electron chi connectivity index (χ4n) is 2.97. The van der Waals surface area contributed by atoms with Crippen molar-refractivity contribution in [2.45, 2.75) is 19.9 Å². The van der Waals surface area contributed by atoms with E-state index >= 15 is 0 Å². The van der Waals surface area contributed by atoms with Crippen molar-refractivity contribution in [1.29, 1.82) is 0 Å². The van der Waals surface area contributed by atoms with E-state index in [1.165, 1.54) is 6.20 Å². The molecule has 3 rings (SSSR count). The topological polar surface area (TPSA) is 121 Å². The molecule has 0 saturated carbocycles. The Hall–Kier alpha value is -3.88. The number of H-pyrrole nitrogens is 1. The van der Waals surface area contributed by atoms with Crippen molar-refractivity contribution >= 4 is 11.9 Å². The zero-order chi connectivity index (χ0) is 21.5. The van der Waals surface area contributed by atoms with Crippen molar-refractivity contribution in [2.24, 2.45) is 0 Å². The molecule has 3 amide bonds. The maximum atomic E-state index is 12.1. The SMILES string of the molecule is Cc1c[nH]c(=O)n1-c1ccc(C(C)NC(=O)NCCNC(=O)c2cccnc2)cc1. The molecule has 0 aliphatic heterocycles. The molecule has 9 nitrogen and oxygen atoms in total. The number of carbonyl (C=O) groups is 2. The summed E-state index contributed by atoms with van der Waals surface area (Å²) in [6, 6.07) is 10.2. The number of benzene rings is 1. The van der Waals surface area contributed by atoms with Crippen LogP contribution in [0, 0.1) is 6.92 Å². The molecule has 30 heavy (non-hydrogen) atoms. The zero-order valence-corrected chi connectivity index (χ0v) is 16.8. The monoisotopic (exact) mass is 408 g/mol. The van der Waals surface area contributed by atoms with Gasteiger partial charge in [0.15, 0.2) is 0 Å². The lowest BCUT2D eigenvalue weighted by Crippen LogP contribution is -2.41. The second kappa shape index (κ2) is 9.55. The molecule has 0 fully saturated rings. The van der Waals surface area contributed by atoms with Gasteiger partial charge in [-0.25, -0.2) is 9.59 Å². The predicted octanol–water partition coefficient (Wildman–Crippen LogP) is 1.66. The van der Waals surface area contributed by atoms with Crippen molar-refractivity contribution < 1.29 is 9.59 Å². The maximum Gasteiger partial charge on any atom is 0.330 e. The molecular formula is C21H24N6O3. The average Bonchev–Trinajstić information content (AvgIpc) is 3.09. The molecule has 1 aromatic carbocycles. The first-order valence-electron chi connectivity index (χ1n) is 9.55. The van der Waals surface area contributed by atoms with Crippen LogP contribution in [0.15, 0.2) is 59.8 Å². The normalized spacial score (nSPS) is 11.5. The number of aromatic amines is 1. The second-order valence-corrected chi connectivity index (χ2v) is 6.78. The summed E-state index contributed by atoms with van der Waals surface area (Å²) < 4.78 is 1.58. The van der Waals surface area contributed by atoms with Gasteiger partial charge in [-0.05, 0) is 43.7 Å². The summed E-state index contributed by atoms with van der Waals surface area (Å²) in [5.74, 6) is -0.240. The molecule has 1 atom stereocenters. The van der Waals surface area contributed by atoms with E-state index < -0.39 is 0 Å². The Morgan fingerprint density at radius 2 is 1.87 bits per heavy atom. The van der Waals surface area contributed by atoms with Crippen molar-refractivity contribution in [1.82, 2.24) is 30.5 Å². The van der Waals surface area contributed by atoms with Crippen LogP contribution in [-0.2, 0) is 0 Å². The molecule has 0 aliphatic rings. The fraction of sp³-hybridized carbons (Fsp3) is 0.238. The van der Waals surface area contributed by atoms with Gasteiger partial charge in [-0.15, -0.1) is 0 Å². The maximum absolute atomic E-state index is 12.1. The van der Waals surface area contributed by atoms with Gasteiger partial charge in [0.05, 0.1) is 17.3 Å². The van der Waals surface area contributed by atoms with Crippen LogP contribution >= 0.6 is 0 Å². The van der Waals surface area contributed by atoms with E-state index in [4.69, 9.17) is 0 Å². The van der Waals surface area contributed by atoms with Gasteiger partial charge in [-0.2, -0.15) is 0 Å². The summed E-state index contributed by atoms with van der Waals surface area (Å²) in [6.07, 6.45) is 4.73. The zero-order valence-electron chi connectivity index (χ0n) is 16.8. The molecule has 2 heterocycles. The highest BCUT2D eigenvalue weighted by Crippen LogP contribution is 2.15. The Morgan fingerprint density at radius 3 is 2.50 bits per heavy atom. The van der Waals surface area contributed by atoms with Gasteiger partial charge in [0.1, 0.15) is 0 Å². The van der Waals surface area contributed by atoms with E-state index in [0.29, 0.717) is 18.7 Å². The summed E-state index contributed by atoms with van der Waals surface area (Å²) in [5.41, 5.74) is 2.75. The van der Waals surface area contributed by atoms with Crippen LogP contribution in [0.2, 0.25) is 0 Å². The van der Waals surface area contributed by atoms with Crippen molar-refractivity contribution in [3.8, 4) is 5.69 Å². The third-order valence-corrected chi connectivity index (χ3v) is 4.58. The summed E-state index contributed by atoms with van der Waals surface area (Å²) in [7, 11) is 0. The number of nitrogens with zero attached hydrogens (tertiary/aromatic N) is 2. The largest absolute Gasteiger partial charge is 0.350 e. The number of carbonyl (C=O) groups excluding carboxylic acids is 2. The lowest BCUT2D eigenvalue weighted by molar-refractivity contribution is 0.0953. The summed E-state index contributed by atoms with van der Waals surface area (Å²) in [4.78, 5) is 42.4. The van der Waals surface area contributed by atoms with Crippen LogP contribution in [0.4, 0.5) is 4.79 Å². The first-order chi connectivity index (χ1) is 14.5. The number of rotatable bonds is 7. The van der Waals surface area contributed by atoms with Crippen LogP contribution in [-0.4, -0.2) is 39.6 Å². The van der Waals surface area contributed by atoms with Crippen LogP contribution in [0.5, 0.6) is 0 Å². The van der Waals surface area contributed by atoms with Crippen LogP contribution in [0.3, 0.4) is 0 Å². The lowest BCUT2D eigenvalue weighted by Gasteiger charge is -2.16. The number of urea groups is 1. The van der Waals surface area contributed by atoms with E-state index in [9.17, 15) is 14.4 Å². The first-order valence-corrected chi connectivity index (χ1v) is 9.55. The summed E-state index contributed by atoms with van der Waals surface area (Å²) in [6.45, 7) is 4.31. The molecule has 9 heteroatoms. The van der Waals surface area contributed by atoms with E-state index in [0.717, 1.165) is 16.9 Å². The van der Waals surface area contributed by atoms with Gasteiger partial charge >= 0.3 is 11.7 Å². The van der Waals surface area contributed by atoms with Crippen LogP contribution in [0.25, 0.3) is 5.69 Å². The Morgan fingerprint density at radius 1 is 1.13 bits per heavy atom. The fourth-order valence-corrected chi connectivity index (χ4v) is 2.97. The minimum atomic E-state index is -0.333. The number of imidazole rings is 1. The van der Waals surface area contributed by atoms with Crippen molar-refractivity contribution in [2.75, 3.05) is 13.1 Å². The number of nitrogens with one attached hydrogen (secondary N) is 4. The molecule has 0 spiro atoms.